The summed E-state index contributed by atoms with van der Waals surface area (Å²) in [5.41, 5.74) is 1.71. The maximum absolute atomic E-state index is 12.4. The summed E-state index contributed by atoms with van der Waals surface area (Å²) in [6, 6.07) is 5.26. The third kappa shape index (κ3) is 5.05. The van der Waals surface area contributed by atoms with E-state index in [1.165, 1.54) is 7.11 Å². The van der Waals surface area contributed by atoms with Crippen LogP contribution in [-0.2, 0) is 26.0 Å². The normalized spacial score (nSPS) is 13.3. The molecule has 1 aromatic carbocycles. The largest absolute Gasteiger partial charge is 0.382 e. The van der Waals surface area contributed by atoms with Crippen molar-refractivity contribution >= 4 is 10.0 Å². The minimum Gasteiger partial charge on any atom is -0.382 e. The number of nitrogens with one attached hydrogen (secondary N) is 2. The minimum absolute atomic E-state index is 0.169. The third-order valence-electron chi connectivity index (χ3n) is 3.24. The van der Waals surface area contributed by atoms with Gasteiger partial charge >= 0.3 is 0 Å². The zero-order chi connectivity index (χ0) is 15.9. The van der Waals surface area contributed by atoms with Gasteiger partial charge in [-0.25, -0.2) is 13.1 Å². The highest BCUT2D eigenvalue weighted by atomic mass is 32.2. The molecule has 7 heteroatoms. The molecule has 0 bridgehead atoms. The molecule has 0 aliphatic rings. The molecule has 0 amide bonds. The highest BCUT2D eigenvalue weighted by Crippen LogP contribution is 2.18. The number of benzene rings is 1. The van der Waals surface area contributed by atoms with Crippen LogP contribution in [0.2, 0.25) is 0 Å². The Labute approximate surface area is 126 Å². The van der Waals surface area contributed by atoms with Gasteiger partial charge in [-0.15, -0.1) is 0 Å². The highest BCUT2D eigenvalue weighted by molar-refractivity contribution is 7.89. The van der Waals surface area contributed by atoms with Gasteiger partial charge in [0.2, 0.25) is 10.0 Å². The molecule has 1 rings (SSSR count). The van der Waals surface area contributed by atoms with Gasteiger partial charge in [0.25, 0.3) is 0 Å². The number of hydrogen-bond donors (Lipinski definition) is 2. The predicted octanol–water partition coefficient (Wildman–Crippen LogP) is 0.654. The molecule has 6 nitrogen and oxygen atoms in total. The Morgan fingerprint density at radius 3 is 2.57 bits per heavy atom. The lowest BCUT2D eigenvalue weighted by Gasteiger charge is -2.17. The molecule has 0 aromatic heterocycles. The van der Waals surface area contributed by atoms with E-state index in [4.69, 9.17) is 9.47 Å². The van der Waals surface area contributed by atoms with Gasteiger partial charge in [0.1, 0.15) is 0 Å². The molecule has 0 aliphatic heterocycles. The lowest BCUT2D eigenvalue weighted by molar-refractivity contribution is 0.0320. The van der Waals surface area contributed by atoms with Gasteiger partial charge in [0.05, 0.1) is 17.6 Å². The van der Waals surface area contributed by atoms with Crippen LogP contribution < -0.4 is 10.0 Å². The van der Waals surface area contributed by atoms with Gasteiger partial charge in [-0.3, -0.25) is 0 Å². The monoisotopic (exact) mass is 316 g/mol. The van der Waals surface area contributed by atoms with Crippen LogP contribution in [0.15, 0.2) is 23.1 Å². The average Bonchev–Trinajstić information content (AvgIpc) is 2.45. The van der Waals surface area contributed by atoms with Crippen molar-refractivity contribution in [1.82, 2.24) is 10.0 Å². The molecule has 0 heterocycles. The Kier molecular flexibility index (Phi) is 7.27. The first-order valence-corrected chi connectivity index (χ1v) is 8.19. The Balaban J connectivity index is 2.90. The van der Waals surface area contributed by atoms with Gasteiger partial charge in [0.15, 0.2) is 0 Å². The first kappa shape index (κ1) is 18.1. The van der Waals surface area contributed by atoms with Crippen molar-refractivity contribution in [3.05, 3.63) is 29.3 Å². The van der Waals surface area contributed by atoms with E-state index in [-0.39, 0.29) is 12.6 Å². The molecule has 1 unspecified atom stereocenters. The first-order valence-electron chi connectivity index (χ1n) is 6.70. The van der Waals surface area contributed by atoms with Crippen molar-refractivity contribution in [2.24, 2.45) is 0 Å². The van der Waals surface area contributed by atoms with Gasteiger partial charge in [-0.1, -0.05) is 12.1 Å². The molecule has 0 saturated heterocycles. The third-order valence-corrected chi connectivity index (χ3v) is 4.81. The van der Waals surface area contributed by atoms with Crippen LogP contribution in [0.1, 0.15) is 11.1 Å². The van der Waals surface area contributed by atoms with E-state index in [0.29, 0.717) is 18.0 Å². The number of ether oxygens (including phenoxy) is 2. The fraction of sp³-hybridized carbons (Fsp3) is 0.571. The number of hydrogen-bond acceptors (Lipinski definition) is 5. The van der Waals surface area contributed by atoms with Gasteiger partial charge in [-0.2, -0.15) is 0 Å². The molecule has 1 atom stereocenters. The van der Waals surface area contributed by atoms with Crippen molar-refractivity contribution < 1.29 is 17.9 Å². The summed E-state index contributed by atoms with van der Waals surface area (Å²) >= 11 is 0. The Bertz CT molecular complexity index is 546. The van der Waals surface area contributed by atoms with Crippen LogP contribution >= 0.6 is 0 Å². The minimum atomic E-state index is -3.57. The molecular formula is C14H24N2O4S. The fourth-order valence-electron chi connectivity index (χ4n) is 2.01. The molecule has 21 heavy (non-hydrogen) atoms. The zero-order valence-corrected chi connectivity index (χ0v) is 13.8. The van der Waals surface area contributed by atoms with Gasteiger partial charge in [-0.05, 0) is 31.2 Å². The van der Waals surface area contributed by atoms with Crippen LogP contribution in [0, 0.1) is 6.92 Å². The Morgan fingerprint density at radius 1 is 1.29 bits per heavy atom. The van der Waals surface area contributed by atoms with E-state index in [2.05, 4.69) is 10.0 Å². The summed E-state index contributed by atoms with van der Waals surface area (Å²) in [6.07, 6.45) is -0.314. The second kappa shape index (κ2) is 8.45. The van der Waals surface area contributed by atoms with Crippen molar-refractivity contribution in [1.29, 1.82) is 0 Å². The molecule has 120 valence electrons. The van der Waals surface area contributed by atoms with Crippen LogP contribution in [0.3, 0.4) is 0 Å². The summed E-state index contributed by atoms with van der Waals surface area (Å²) in [5, 5.41) is 3.03. The summed E-state index contributed by atoms with van der Waals surface area (Å²) < 4.78 is 37.5. The van der Waals surface area contributed by atoms with E-state index in [1.54, 1.807) is 19.2 Å². The number of methoxy groups -OCH3 is 2. The van der Waals surface area contributed by atoms with E-state index in [1.807, 2.05) is 20.0 Å². The SMILES string of the molecule is CNCc1cccc(S(=O)(=O)NCC(COC)OC)c1C. The molecule has 0 aliphatic carbocycles. The summed E-state index contributed by atoms with van der Waals surface area (Å²) in [6.45, 7) is 2.93. The van der Waals surface area contributed by atoms with Crippen molar-refractivity contribution in [2.45, 2.75) is 24.5 Å². The smallest absolute Gasteiger partial charge is 0.240 e. The summed E-state index contributed by atoms with van der Waals surface area (Å²) in [4.78, 5) is 0.294. The highest BCUT2D eigenvalue weighted by Gasteiger charge is 2.20. The first-order chi connectivity index (χ1) is 9.96. The summed E-state index contributed by atoms with van der Waals surface area (Å²) in [5.74, 6) is 0. The van der Waals surface area contributed by atoms with Crippen molar-refractivity contribution in [2.75, 3.05) is 34.4 Å². The van der Waals surface area contributed by atoms with Crippen LogP contribution in [-0.4, -0.2) is 48.9 Å². The summed E-state index contributed by atoms with van der Waals surface area (Å²) in [7, 11) is 1.33. The van der Waals surface area contributed by atoms with Crippen LogP contribution in [0.4, 0.5) is 0 Å². The quantitative estimate of drug-likeness (QED) is 0.700. The van der Waals surface area contributed by atoms with Crippen molar-refractivity contribution in [3.8, 4) is 0 Å². The van der Waals surface area contributed by atoms with Gasteiger partial charge < -0.3 is 14.8 Å². The lowest BCUT2D eigenvalue weighted by Crippen LogP contribution is -2.36. The second-order valence-electron chi connectivity index (χ2n) is 4.74. The molecule has 0 spiro atoms. The Hall–Kier alpha value is -0.990. The molecular weight excluding hydrogens is 292 g/mol. The molecule has 2 N–H and O–H groups in total. The van der Waals surface area contributed by atoms with E-state index >= 15 is 0 Å². The molecule has 1 aromatic rings. The van der Waals surface area contributed by atoms with Crippen molar-refractivity contribution in [3.63, 3.8) is 0 Å². The molecule has 0 saturated carbocycles. The second-order valence-corrected chi connectivity index (χ2v) is 6.47. The molecule has 0 fully saturated rings. The maximum atomic E-state index is 12.4. The number of sulfonamides is 1. The standard InChI is InChI=1S/C14H24N2O4S/c1-11-12(8-15-2)6-5-7-14(11)21(17,18)16-9-13(20-4)10-19-3/h5-7,13,15-16H,8-10H2,1-4H3. The van der Waals surface area contributed by atoms with E-state index in [9.17, 15) is 8.42 Å². The van der Waals surface area contributed by atoms with Crippen LogP contribution in [0.25, 0.3) is 0 Å². The van der Waals surface area contributed by atoms with Gasteiger partial charge in [0, 0.05) is 27.3 Å². The predicted molar refractivity (Wildman–Crippen MR) is 81.8 cm³/mol. The Morgan fingerprint density at radius 2 is 2.00 bits per heavy atom. The van der Waals surface area contributed by atoms with E-state index in [0.717, 1.165) is 11.1 Å². The maximum Gasteiger partial charge on any atom is 0.240 e. The van der Waals surface area contributed by atoms with E-state index < -0.39 is 10.0 Å². The number of rotatable bonds is 9. The zero-order valence-electron chi connectivity index (χ0n) is 13.0. The fourth-order valence-corrected chi connectivity index (χ4v) is 3.36. The lowest BCUT2D eigenvalue weighted by atomic mass is 10.1. The average molecular weight is 316 g/mol. The molecule has 0 radical (unpaired) electrons. The topological polar surface area (TPSA) is 76.7 Å². The van der Waals surface area contributed by atoms with Crippen LogP contribution in [0.5, 0.6) is 0 Å².